The summed E-state index contributed by atoms with van der Waals surface area (Å²) >= 11 is 9.64. The number of hydrogen-bond donors (Lipinski definition) is 0. The molecule has 0 saturated carbocycles. The molecule has 0 radical (unpaired) electrons. The first-order valence-corrected chi connectivity index (χ1v) is 4.00. The zero-order chi connectivity index (χ0) is 7.28. The first-order valence-electron chi connectivity index (χ1n) is 3.18. The second-order valence-electron chi connectivity index (χ2n) is 1.85. The number of thiocarbonyl (C=S) groups is 1. The van der Waals surface area contributed by atoms with Gasteiger partial charge in [0.15, 0.2) is 0 Å². The summed E-state index contributed by atoms with van der Waals surface area (Å²) < 4.78 is 0.597. The molecule has 0 aliphatic rings. The van der Waals surface area contributed by atoms with E-state index in [1.807, 2.05) is 4.90 Å². The van der Waals surface area contributed by atoms with Crippen molar-refractivity contribution >= 4 is 29.2 Å². The van der Waals surface area contributed by atoms with E-state index in [1.165, 1.54) is 0 Å². The SMILES string of the molecule is CCCN(CC)C(=S)[S-].[K+]. The van der Waals surface area contributed by atoms with Gasteiger partial charge in [-0.1, -0.05) is 11.2 Å². The Labute approximate surface area is 117 Å². The maximum Gasteiger partial charge on any atom is 1.00 e. The van der Waals surface area contributed by atoms with E-state index in [0.717, 1.165) is 19.5 Å². The Morgan fingerprint density at radius 1 is 1.50 bits per heavy atom. The van der Waals surface area contributed by atoms with Crippen LogP contribution in [0.1, 0.15) is 20.3 Å². The third kappa shape index (κ3) is 6.46. The van der Waals surface area contributed by atoms with Gasteiger partial charge < -0.3 is 29.7 Å². The number of rotatable bonds is 3. The van der Waals surface area contributed by atoms with E-state index in [4.69, 9.17) is 24.8 Å². The average molecular weight is 201 g/mol. The summed E-state index contributed by atoms with van der Waals surface area (Å²) in [6.45, 7) is 6.12. The van der Waals surface area contributed by atoms with Gasteiger partial charge in [-0.15, -0.1) is 0 Å². The van der Waals surface area contributed by atoms with E-state index < -0.39 is 0 Å². The molecule has 10 heavy (non-hydrogen) atoms. The minimum Gasteiger partial charge on any atom is -0.411 e. The fraction of sp³-hybridized carbons (Fsp3) is 0.833. The van der Waals surface area contributed by atoms with Gasteiger partial charge >= 0.3 is 51.4 Å². The summed E-state index contributed by atoms with van der Waals surface area (Å²) in [5.41, 5.74) is 0. The first kappa shape index (κ1) is 14.3. The van der Waals surface area contributed by atoms with Gasteiger partial charge in [0.2, 0.25) is 0 Å². The standard InChI is InChI=1S/C6H13NS2.K/c1-3-5-7(4-2)6(8)9;/h3-5H2,1-2H3,(H,8,9);/q;+1/p-1. The van der Waals surface area contributed by atoms with Crippen LogP contribution in [-0.2, 0) is 12.6 Å². The Hall–Kier alpha value is 1.75. The molecule has 0 spiro atoms. The summed E-state index contributed by atoms with van der Waals surface area (Å²) in [5.74, 6) is 0. The van der Waals surface area contributed by atoms with E-state index in [9.17, 15) is 0 Å². The van der Waals surface area contributed by atoms with Gasteiger partial charge in [0.25, 0.3) is 0 Å². The third-order valence-electron chi connectivity index (χ3n) is 1.13. The van der Waals surface area contributed by atoms with E-state index in [1.54, 1.807) is 0 Å². The van der Waals surface area contributed by atoms with Crippen LogP contribution in [0.4, 0.5) is 0 Å². The Bertz CT molecular complexity index is 97.7. The molecule has 0 aromatic heterocycles. The predicted molar refractivity (Wildman–Crippen MR) is 47.5 cm³/mol. The molecule has 0 aliphatic heterocycles. The molecule has 4 heteroatoms. The molecular formula is C6H12KNS2. The van der Waals surface area contributed by atoms with E-state index in [0.29, 0.717) is 4.32 Å². The minimum absolute atomic E-state index is 0. The zero-order valence-electron chi connectivity index (χ0n) is 6.89. The molecule has 0 unspecified atom stereocenters. The summed E-state index contributed by atoms with van der Waals surface area (Å²) in [4.78, 5) is 2.02. The smallest absolute Gasteiger partial charge is 0.411 e. The van der Waals surface area contributed by atoms with Crippen LogP contribution in [0.25, 0.3) is 0 Å². The molecule has 0 saturated heterocycles. The van der Waals surface area contributed by atoms with E-state index in [2.05, 4.69) is 13.8 Å². The molecular weight excluding hydrogens is 189 g/mol. The van der Waals surface area contributed by atoms with Crippen LogP contribution in [0, 0.1) is 0 Å². The van der Waals surface area contributed by atoms with Crippen molar-refractivity contribution in [3.05, 3.63) is 0 Å². The molecule has 0 N–H and O–H groups in total. The summed E-state index contributed by atoms with van der Waals surface area (Å²) in [5, 5.41) is 0. The van der Waals surface area contributed by atoms with Crippen LogP contribution in [0.3, 0.4) is 0 Å². The maximum atomic E-state index is 4.82. The van der Waals surface area contributed by atoms with Crippen molar-refractivity contribution in [2.75, 3.05) is 13.1 Å². The summed E-state index contributed by atoms with van der Waals surface area (Å²) in [7, 11) is 0. The molecule has 1 nitrogen and oxygen atoms in total. The Balaban J connectivity index is 0. The predicted octanol–water partition coefficient (Wildman–Crippen LogP) is -1.45. The van der Waals surface area contributed by atoms with Crippen LogP contribution in [-0.4, -0.2) is 22.3 Å². The molecule has 0 bridgehead atoms. The van der Waals surface area contributed by atoms with Gasteiger partial charge in [0, 0.05) is 13.1 Å². The van der Waals surface area contributed by atoms with Crippen molar-refractivity contribution < 1.29 is 51.4 Å². The molecule has 0 fully saturated rings. The van der Waals surface area contributed by atoms with Gasteiger partial charge in [-0.2, -0.15) is 0 Å². The molecule has 0 heterocycles. The number of nitrogens with zero attached hydrogens (tertiary/aromatic N) is 1. The Kier molecular flexibility index (Phi) is 12.6. The fourth-order valence-electron chi connectivity index (χ4n) is 0.648. The molecule has 54 valence electrons. The van der Waals surface area contributed by atoms with Crippen LogP contribution in [0.15, 0.2) is 0 Å². The second-order valence-corrected chi connectivity index (χ2v) is 2.88. The Morgan fingerprint density at radius 3 is 2.10 bits per heavy atom. The normalized spacial score (nSPS) is 8.20. The van der Waals surface area contributed by atoms with Gasteiger partial charge in [0.1, 0.15) is 0 Å². The zero-order valence-corrected chi connectivity index (χ0v) is 11.6. The van der Waals surface area contributed by atoms with Crippen LogP contribution < -0.4 is 51.4 Å². The Morgan fingerprint density at radius 2 is 2.00 bits per heavy atom. The van der Waals surface area contributed by atoms with Crippen molar-refractivity contribution in [3.8, 4) is 0 Å². The van der Waals surface area contributed by atoms with Gasteiger partial charge in [0.05, 0.1) is 0 Å². The monoisotopic (exact) mass is 201 g/mol. The molecule has 0 aliphatic carbocycles. The van der Waals surface area contributed by atoms with E-state index >= 15 is 0 Å². The molecule has 0 atom stereocenters. The summed E-state index contributed by atoms with van der Waals surface area (Å²) in [6.07, 6.45) is 1.12. The molecule has 0 amide bonds. The fourth-order valence-corrected chi connectivity index (χ4v) is 1.09. The van der Waals surface area contributed by atoms with Crippen LogP contribution in [0.5, 0.6) is 0 Å². The second kappa shape index (κ2) is 8.84. The van der Waals surface area contributed by atoms with Crippen molar-refractivity contribution in [3.63, 3.8) is 0 Å². The van der Waals surface area contributed by atoms with Crippen molar-refractivity contribution in [1.82, 2.24) is 4.90 Å². The maximum absolute atomic E-state index is 4.82. The van der Waals surface area contributed by atoms with E-state index in [-0.39, 0.29) is 51.4 Å². The third-order valence-corrected chi connectivity index (χ3v) is 1.65. The summed E-state index contributed by atoms with van der Waals surface area (Å²) in [6, 6.07) is 0. The average Bonchev–Trinajstić information content (AvgIpc) is 1.82. The van der Waals surface area contributed by atoms with Gasteiger partial charge in [-0.25, -0.2) is 0 Å². The first-order chi connectivity index (χ1) is 4.22. The molecule has 0 aromatic carbocycles. The largest absolute Gasteiger partial charge is 1.00 e. The van der Waals surface area contributed by atoms with Gasteiger partial charge in [-0.3, -0.25) is 0 Å². The minimum atomic E-state index is 0. The topological polar surface area (TPSA) is 3.24 Å². The van der Waals surface area contributed by atoms with Crippen molar-refractivity contribution in [1.29, 1.82) is 0 Å². The quantitative estimate of drug-likeness (QED) is 0.313. The van der Waals surface area contributed by atoms with Crippen LogP contribution in [0.2, 0.25) is 0 Å². The van der Waals surface area contributed by atoms with Crippen molar-refractivity contribution in [2.45, 2.75) is 20.3 Å². The van der Waals surface area contributed by atoms with Crippen LogP contribution >= 0.6 is 12.2 Å². The molecule has 0 rings (SSSR count). The number of hydrogen-bond acceptors (Lipinski definition) is 2. The van der Waals surface area contributed by atoms with Gasteiger partial charge in [-0.05, 0) is 13.3 Å². The molecule has 0 aromatic rings. The van der Waals surface area contributed by atoms with Crippen molar-refractivity contribution in [2.24, 2.45) is 0 Å².